The predicted molar refractivity (Wildman–Crippen MR) is 95.7 cm³/mol. The highest BCUT2D eigenvalue weighted by Crippen LogP contribution is 2.40. The van der Waals surface area contributed by atoms with Crippen LogP contribution in [0.2, 0.25) is 5.02 Å². The number of nitrogens with two attached hydrogens (primary N) is 1. The molecule has 0 bridgehead atoms. The maximum Gasteiger partial charge on any atom is 0.328 e. The molecule has 0 saturated heterocycles. The lowest BCUT2D eigenvalue weighted by Crippen LogP contribution is -2.22. The van der Waals surface area contributed by atoms with Crippen molar-refractivity contribution in [2.24, 2.45) is 5.73 Å². The van der Waals surface area contributed by atoms with E-state index in [1.807, 2.05) is 19.1 Å². The van der Waals surface area contributed by atoms with Crippen LogP contribution >= 0.6 is 11.6 Å². The van der Waals surface area contributed by atoms with Gasteiger partial charge < -0.3 is 20.5 Å². The van der Waals surface area contributed by atoms with Gasteiger partial charge >= 0.3 is 11.9 Å². The smallest absolute Gasteiger partial charge is 0.328 e. The quantitative estimate of drug-likeness (QED) is 0.619. The first-order valence-corrected chi connectivity index (χ1v) is 8.02. The van der Waals surface area contributed by atoms with E-state index in [9.17, 15) is 9.59 Å². The minimum absolute atomic E-state index is 0.162. The highest BCUT2D eigenvalue weighted by Gasteiger charge is 2.23. The molecule has 7 heteroatoms. The number of benzene rings is 1. The first kappa shape index (κ1) is 18.8. The standard InChI is InChI=1S/C14H15ClN2.C4H4O4/c1-9(16)8-17-6-5-10-7-12-11(14(10)17)3-2-4-13(12)15;5-3(6)1-2-4(7)8/h2-6,9H,7-8,16H2,1H3;1-2H,(H,5,6)(H,7,8). The summed E-state index contributed by atoms with van der Waals surface area (Å²) in [7, 11) is 0. The molecule has 0 aliphatic heterocycles. The largest absolute Gasteiger partial charge is 0.478 e. The molecule has 1 heterocycles. The predicted octanol–water partition coefficient (Wildman–Crippen LogP) is 2.77. The topological polar surface area (TPSA) is 106 Å². The Morgan fingerprint density at radius 3 is 2.48 bits per heavy atom. The Balaban J connectivity index is 0.000000242. The van der Waals surface area contributed by atoms with E-state index in [4.69, 9.17) is 27.5 Å². The third kappa shape index (κ3) is 4.71. The number of rotatable bonds is 4. The van der Waals surface area contributed by atoms with Crippen molar-refractivity contribution in [2.45, 2.75) is 25.9 Å². The molecular formula is C18H19ClN2O4. The number of fused-ring (bicyclic) bond motifs is 3. The van der Waals surface area contributed by atoms with Crippen molar-refractivity contribution >= 4 is 23.5 Å². The van der Waals surface area contributed by atoms with Crippen LogP contribution in [0.3, 0.4) is 0 Å². The fourth-order valence-electron chi connectivity index (χ4n) is 2.74. The van der Waals surface area contributed by atoms with Gasteiger partial charge in [0.05, 0.1) is 5.69 Å². The Hall–Kier alpha value is -2.57. The monoisotopic (exact) mass is 362 g/mol. The van der Waals surface area contributed by atoms with Crippen LogP contribution < -0.4 is 5.73 Å². The highest BCUT2D eigenvalue weighted by molar-refractivity contribution is 6.32. The second-order valence-electron chi connectivity index (χ2n) is 5.77. The van der Waals surface area contributed by atoms with Crippen molar-refractivity contribution < 1.29 is 19.8 Å². The van der Waals surface area contributed by atoms with E-state index in [1.165, 1.54) is 22.4 Å². The van der Waals surface area contributed by atoms with Crippen molar-refractivity contribution in [2.75, 3.05) is 0 Å². The van der Waals surface area contributed by atoms with Gasteiger partial charge in [0.15, 0.2) is 0 Å². The van der Waals surface area contributed by atoms with Gasteiger partial charge in [-0.2, -0.15) is 0 Å². The zero-order valence-electron chi connectivity index (χ0n) is 13.6. The molecule has 1 aromatic carbocycles. The molecule has 1 aliphatic carbocycles. The summed E-state index contributed by atoms with van der Waals surface area (Å²) in [5.41, 5.74) is 11.0. The van der Waals surface area contributed by atoms with E-state index in [2.05, 4.69) is 22.9 Å². The van der Waals surface area contributed by atoms with Crippen molar-refractivity contribution in [3.8, 4) is 11.3 Å². The minimum Gasteiger partial charge on any atom is -0.478 e. The molecular weight excluding hydrogens is 344 g/mol. The SMILES string of the molecule is CC(N)Cn1ccc2c1-c1cccc(Cl)c1C2.O=C(O)C=CC(=O)O. The summed E-state index contributed by atoms with van der Waals surface area (Å²) >= 11 is 6.24. The van der Waals surface area contributed by atoms with Crippen LogP contribution in [0, 0.1) is 0 Å². The van der Waals surface area contributed by atoms with Crippen LogP contribution in [0.25, 0.3) is 11.3 Å². The second kappa shape index (κ2) is 8.00. The van der Waals surface area contributed by atoms with Gasteiger partial charge in [-0.3, -0.25) is 0 Å². The van der Waals surface area contributed by atoms with Gasteiger partial charge in [0.25, 0.3) is 0 Å². The van der Waals surface area contributed by atoms with E-state index >= 15 is 0 Å². The van der Waals surface area contributed by atoms with Crippen LogP contribution in [0.15, 0.2) is 42.6 Å². The lowest BCUT2D eigenvalue weighted by molar-refractivity contribution is -0.134. The number of aliphatic carboxylic acids is 2. The molecule has 0 saturated carbocycles. The fraction of sp³-hybridized carbons (Fsp3) is 0.222. The Bertz CT molecular complexity index is 808. The van der Waals surface area contributed by atoms with Gasteiger partial charge in [0, 0.05) is 47.9 Å². The van der Waals surface area contributed by atoms with Gasteiger partial charge in [-0.05, 0) is 30.2 Å². The number of hydrogen-bond donors (Lipinski definition) is 3. The number of halogens is 1. The van der Waals surface area contributed by atoms with Gasteiger partial charge in [0.1, 0.15) is 0 Å². The zero-order valence-corrected chi connectivity index (χ0v) is 14.4. The summed E-state index contributed by atoms with van der Waals surface area (Å²) < 4.78 is 2.24. The molecule has 2 aromatic rings. The van der Waals surface area contributed by atoms with E-state index < -0.39 is 11.9 Å². The molecule has 1 atom stereocenters. The Kier molecular flexibility index (Phi) is 6.01. The summed E-state index contributed by atoms with van der Waals surface area (Å²) in [5, 5.41) is 16.5. The molecule has 0 radical (unpaired) electrons. The third-order valence-electron chi connectivity index (χ3n) is 3.64. The van der Waals surface area contributed by atoms with Gasteiger partial charge in [-0.25, -0.2) is 9.59 Å². The van der Waals surface area contributed by atoms with Gasteiger partial charge in [-0.15, -0.1) is 0 Å². The number of aromatic nitrogens is 1. The zero-order chi connectivity index (χ0) is 18.6. The van der Waals surface area contributed by atoms with E-state index in [-0.39, 0.29) is 6.04 Å². The van der Waals surface area contributed by atoms with Crippen molar-refractivity contribution in [3.05, 3.63) is 58.8 Å². The van der Waals surface area contributed by atoms with E-state index in [0.29, 0.717) is 12.2 Å². The van der Waals surface area contributed by atoms with Crippen LogP contribution in [0.1, 0.15) is 18.1 Å². The van der Waals surface area contributed by atoms with Crippen molar-refractivity contribution in [3.63, 3.8) is 0 Å². The Labute approximate surface area is 150 Å². The molecule has 4 N–H and O–H groups in total. The van der Waals surface area contributed by atoms with Crippen LogP contribution in [-0.2, 0) is 22.6 Å². The number of carboxylic acid groups (broad SMARTS) is 2. The maximum atomic E-state index is 9.55. The summed E-state index contributed by atoms with van der Waals surface area (Å²) in [6.45, 7) is 2.88. The fourth-order valence-corrected chi connectivity index (χ4v) is 2.99. The molecule has 6 nitrogen and oxygen atoms in total. The molecule has 1 aliphatic rings. The lowest BCUT2D eigenvalue weighted by Gasteiger charge is -2.11. The molecule has 0 fully saturated rings. The van der Waals surface area contributed by atoms with E-state index in [0.717, 1.165) is 18.0 Å². The van der Waals surface area contributed by atoms with Crippen LogP contribution in [0.5, 0.6) is 0 Å². The number of carboxylic acids is 2. The summed E-state index contributed by atoms with van der Waals surface area (Å²) in [4.78, 5) is 19.1. The lowest BCUT2D eigenvalue weighted by atomic mass is 10.1. The van der Waals surface area contributed by atoms with E-state index in [1.54, 1.807) is 0 Å². The highest BCUT2D eigenvalue weighted by atomic mass is 35.5. The number of carbonyl (C=O) groups is 2. The van der Waals surface area contributed by atoms with Gasteiger partial charge in [0.2, 0.25) is 0 Å². The normalized spacial score (nSPS) is 12.9. The summed E-state index contributed by atoms with van der Waals surface area (Å²) in [6, 6.07) is 8.45. The molecule has 1 unspecified atom stereocenters. The number of nitrogens with zero attached hydrogens (tertiary/aromatic N) is 1. The van der Waals surface area contributed by atoms with Crippen LogP contribution in [0.4, 0.5) is 0 Å². The molecule has 0 spiro atoms. The Morgan fingerprint density at radius 2 is 1.92 bits per heavy atom. The number of hydrogen-bond acceptors (Lipinski definition) is 3. The first-order chi connectivity index (χ1) is 11.8. The second-order valence-corrected chi connectivity index (χ2v) is 6.18. The summed E-state index contributed by atoms with van der Waals surface area (Å²) in [6.07, 6.45) is 4.18. The maximum absolute atomic E-state index is 9.55. The first-order valence-electron chi connectivity index (χ1n) is 7.65. The average molecular weight is 363 g/mol. The average Bonchev–Trinajstić information content (AvgIpc) is 3.07. The minimum atomic E-state index is -1.26. The Morgan fingerprint density at radius 1 is 1.28 bits per heavy atom. The van der Waals surface area contributed by atoms with Crippen LogP contribution in [-0.4, -0.2) is 32.8 Å². The molecule has 25 heavy (non-hydrogen) atoms. The molecule has 0 amide bonds. The van der Waals surface area contributed by atoms with Gasteiger partial charge in [-0.1, -0.05) is 23.7 Å². The van der Waals surface area contributed by atoms with Crippen molar-refractivity contribution in [1.29, 1.82) is 0 Å². The molecule has 132 valence electrons. The summed E-state index contributed by atoms with van der Waals surface area (Å²) in [5.74, 6) is -2.51. The molecule has 1 aromatic heterocycles. The third-order valence-corrected chi connectivity index (χ3v) is 4.00. The van der Waals surface area contributed by atoms with Crippen molar-refractivity contribution in [1.82, 2.24) is 4.57 Å². The molecule has 3 rings (SSSR count).